The third-order valence-electron chi connectivity index (χ3n) is 7.08. The van der Waals surface area contributed by atoms with Crippen molar-refractivity contribution < 1.29 is 29.0 Å². The van der Waals surface area contributed by atoms with Crippen molar-refractivity contribution in [3.8, 4) is 5.75 Å². The van der Waals surface area contributed by atoms with E-state index in [0.717, 1.165) is 31.2 Å². The molecule has 4 amide bonds. The van der Waals surface area contributed by atoms with Gasteiger partial charge in [-0.05, 0) is 72.8 Å². The van der Waals surface area contributed by atoms with E-state index in [1.165, 1.54) is 0 Å². The van der Waals surface area contributed by atoms with Gasteiger partial charge in [-0.2, -0.15) is 0 Å². The van der Waals surface area contributed by atoms with Crippen LogP contribution < -0.4 is 20.7 Å². The van der Waals surface area contributed by atoms with Crippen LogP contribution >= 0.6 is 0 Å². The molecular formula is C29H37N3O6. The molecule has 1 aliphatic carbocycles. The zero-order chi connectivity index (χ0) is 27.7. The van der Waals surface area contributed by atoms with Crippen molar-refractivity contribution >= 4 is 24.0 Å². The number of benzene rings is 2. The minimum atomic E-state index is -0.985. The number of carboxylic acid groups (broad SMARTS) is 1. The Kier molecular flexibility index (Phi) is 9.87. The molecule has 204 valence electrons. The second kappa shape index (κ2) is 13.1. The normalized spacial score (nSPS) is 18.1. The van der Waals surface area contributed by atoms with Gasteiger partial charge in [0.1, 0.15) is 5.75 Å². The van der Waals surface area contributed by atoms with Crippen LogP contribution in [0.4, 0.5) is 9.59 Å². The third kappa shape index (κ3) is 8.61. The van der Waals surface area contributed by atoms with Crippen LogP contribution in [0.2, 0.25) is 0 Å². The molecule has 0 aliphatic heterocycles. The van der Waals surface area contributed by atoms with Gasteiger partial charge >= 0.3 is 18.1 Å². The molecule has 0 heterocycles. The highest BCUT2D eigenvalue weighted by atomic mass is 16.6. The molecular weight excluding hydrogens is 486 g/mol. The van der Waals surface area contributed by atoms with Gasteiger partial charge in [-0.25, -0.2) is 14.9 Å². The maximum absolute atomic E-state index is 12.8. The molecule has 2 aromatic rings. The van der Waals surface area contributed by atoms with Gasteiger partial charge in [-0.15, -0.1) is 0 Å². The summed E-state index contributed by atoms with van der Waals surface area (Å²) < 4.78 is 5.17. The summed E-state index contributed by atoms with van der Waals surface area (Å²) in [4.78, 5) is 48.1. The zero-order valence-corrected chi connectivity index (χ0v) is 22.2. The Balaban J connectivity index is 1.70. The van der Waals surface area contributed by atoms with Gasteiger partial charge in [0.25, 0.3) is 5.91 Å². The molecule has 1 saturated carbocycles. The third-order valence-corrected chi connectivity index (χ3v) is 7.08. The lowest BCUT2D eigenvalue weighted by Gasteiger charge is -2.39. The Morgan fingerprint density at radius 3 is 2.16 bits per heavy atom. The summed E-state index contributed by atoms with van der Waals surface area (Å²) in [5.41, 5.74) is 1.42. The number of ether oxygens (including phenoxy) is 1. The van der Waals surface area contributed by atoms with Crippen molar-refractivity contribution in [2.24, 2.45) is 17.3 Å². The minimum absolute atomic E-state index is 0.0381. The molecule has 1 atom stereocenters. The number of amides is 4. The van der Waals surface area contributed by atoms with Crippen molar-refractivity contribution in [3.05, 3.63) is 65.7 Å². The number of hydrogen-bond acceptors (Lipinski definition) is 5. The Morgan fingerprint density at radius 1 is 0.947 bits per heavy atom. The SMILES string of the molecule is CC(C)(C)C1CCC(C(NC(=O)NC(=O)Oc2ccccc2)c2ccc(C(=O)NCCC(=O)O)cc2)CC1. The molecule has 38 heavy (non-hydrogen) atoms. The fraction of sp³-hybridized carbons (Fsp3) is 0.448. The number of aliphatic carboxylic acids is 1. The number of imide groups is 1. The summed E-state index contributed by atoms with van der Waals surface area (Å²) in [6, 6.07) is 14.3. The number of nitrogens with one attached hydrogen (secondary N) is 3. The lowest BCUT2D eigenvalue weighted by molar-refractivity contribution is -0.136. The van der Waals surface area contributed by atoms with Gasteiger partial charge in [0, 0.05) is 12.1 Å². The van der Waals surface area contributed by atoms with E-state index in [2.05, 4.69) is 36.7 Å². The fourth-order valence-corrected chi connectivity index (χ4v) is 4.91. The topological polar surface area (TPSA) is 134 Å². The van der Waals surface area contributed by atoms with Crippen molar-refractivity contribution in [3.63, 3.8) is 0 Å². The largest absolute Gasteiger partial charge is 0.481 e. The molecule has 9 nitrogen and oxygen atoms in total. The summed E-state index contributed by atoms with van der Waals surface area (Å²) in [5, 5.41) is 16.5. The quantitative estimate of drug-likeness (QED) is 0.372. The average Bonchev–Trinajstić information content (AvgIpc) is 2.87. The van der Waals surface area contributed by atoms with Gasteiger partial charge in [0.2, 0.25) is 0 Å². The number of carboxylic acids is 1. The first kappa shape index (κ1) is 28.7. The minimum Gasteiger partial charge on any atom is -0.481 e. The van der Waals surface area contributed by atoms with Crippen LogP contribution in [-0.4, -0.2) is 35.7 Å². The highest BCUT2D eigenvalue weighted by Gasteiger charge is 2.34. The predicted octanol–water partition coefficient (Wildman–Crippen LogP) is 5.28. The number of rotatable bonds is 8. The van der Waals surface area contributed by atoms with Gasteiger partial charge in [-0.3, -0.25) is 9.59 Å². The summed E-state index contributed by atoms with van der Waals surface area (Å²) in [6.07, 6.45) is 2.87. The van der Waals surface area contributed by atoms with Crippen molar-refractivity contribution in [1.82, 2.24) is 16.0 Å². The molecule has 2 aromatic carbocycles. The molecule has 0 saturated heterocycles. The number of urea groups is 1. The summed E-state index contributed by atoms with van der Waals surface area (Å²) >= 11 is 0. The van der Waals surface area contributed by atoms with Crippen molar-refractivity contribution in [1.29, 1.82) is 0 Å². The van der Waals surface area contributed by atoms with E-state index in [1.54, 1.807) is 54.6 Å². The maximum atomic E-state index is 12.8. The number of carbonyl (C=O) groups is 4. The van der Waals surface area contributed by atoms with E-state index in [0.29, 0.717) is 17.2 Å². The predicted molar refractivity (Wildman–Crippen MR) is 143 cm³/mol. The first-order valence-electron chi connectivity index (χ1n) is 13.0. The van der Waals surface area contributed by atoms with E-state index in [4.69, 9.17) is 9.84 Å². The fourth-order valence-electron chi connectivity index (χ4n) is 4.91. The molecule has 1 fully saturated rings. The molecule has 1 unspecified atom stereocenters. The first-order chi connectivity index (χ1) is 18.0. The van der Waals surface area contributed by atoms with Crippen molar-refractivity contribution in [2.75, 3.05) is 6.54 Å². The highest BCUT2D eigenvalue weighted by Crippen LogP contribution is 2.43. The number of carbonyl (C=O) groups excluding carboxylic acids is 3. The van der Waals surface area contributed by atoms with Gasteiger partial charge in [0.15, 0.2) is 0 Å². The zero-order valence-electron chi connectivity index (χ0n) is 22.2. The Bertz CT molecular complexity index is 1100. The monoisotopic (exact) mass is 523 g/mol. The molecule has 0 bridgehead atoms. The Hall–Kier alpha value is -3.88. The maximum Gasteiger partial charge on any atom is 0.420 e. The van der Waals surface area contributed by atoms with Gasteiger partial charge < -0.3 is 20.5 Å². The lowest BCUT2D eigenvalue weighted by Crippen LogP contribution is -2.45. The van der Waals surface area contributed by atoms with Crippen LogP contribution in [0, 0.1) is 17.3 Å². The van der Waals surface area contributed by atoms with E-state index in [-0.39, 0.29) is 36.2 Å². The summed E-state index contributed by atoms with van der Waals surface area (Å²) in [6.45, 7) is 6.79. The van der Waals surface area contributed by atoms with Crippen LogP contribution in [0.1, 0.15) is 74.8 Å². The van der Waals surface area contributed by atoms with Crippen LogP contribution in [-0.2, 0) is 4.79 Å². The Morgan fingerprint density at radius 2 is 1.58 bits per heavy atom. The van der Waals surface area contributed by atoms with Crippen LogP contribution in [0.25, 0.3) is 0 Å². The second-order valence-electron chi connectivity index (χ2n) is 10.8. The molecule has 0 aromatic heterocycles. The van der Waals surface area contributed by atoms with E-state index >= 15 is 0 Å². The number of para-hydroxylation sites is 1. The van der Waals surface area contributed by atoms with Crippen molar-refractivity contribution in [2.45, 2.75) is 58.9 Å². The molecule has 9 heteroatoms. The molecule has 4 N–H and O–H groups in total. The standard InChI is InChI=1S/C29H37N3O6/c1-29(2,3)22-15-13-20(14-16-22)25(31-27(36)32-28(37)38-23-7-5-4-6-8-23)19-9-11-21(12-10-19)26(35)30-18-17-24(33)34/h4-12,20,22,25H,13-18H2,1-3H3,(H,30,35)(H,33,34)(H2,31,32,36,37). The van der Waals surface area contributed by atoms with Gasteiger partial charge in [0.05, 0.1) is 12.5 Å². The summed E-state index contributed by atoms with van der Waals surface area (Å²) in [7, 11) is 0. The van der Waals surface area contributed by atoms with Crippen LogP contribution in [0.15, 0.2) is 54.6 Å². The second-order valence-corrected chi connectivity index (χ2v) is 10.8. The molecule has 3 rings (SSSR count). The van der Waals surface area contributed by atoms with Crippen LogP contribution in [0.5, 0.6) is 5.75 Å². The highest BCUT2D eigenvalue weighted by molar-refractivity contribution is 5.94. The smallest absolute Gasteiger partial charge is 0.420 e. The van der Waals surface area contributed by atoms with Crippen LogP contribution in [0.3, 0.4) is 0 Å². The molecule has 0 spiro atoms. The first-order valence-corrected chi connectivity index (χ1v) is 13.0. The average molecular weight is 524 g/mol. The van der Waals surface area contributed by atoms with E-state index in [9.17, 15) is 19.2 Å². The van der Waals surface area contributed by atoms with E-state index < -0.39 is 18.1 Å². The van der Waals surface area contributed by atoms with Gasteiger partial charge in [-0.1, -0.05) is 51.1 Å². The summed E-state index contributed by atoms with van der Waals surface area (Å²) in [5.74, 6) is -0.283. The Labute approximate surface area is 223 Å². The molecule has 0 radical (unpaired) electrons. The van der Waals surface area contributed by atoms with E-state index in [1.807, 2.05) is 0 Å². The lowest BCUT2D eigenvalue weighted by atomic mass is 9.68. The molecule has 1 aliphatic rings. The number of hydrogen-bond donors (Lipinski definition) is 4.